The summed E-state index contributed by atoms with van der Waals surface area (Å²) in [6.45, 7) is -0.165. The molecule has 0 bridgehead atoms. The van der Waals surface area contributed by atoms with Crippen LogP contribution in [0.2, 0.25) is 0 Å². The summed E-state index contributed by atoms with van der Waals surface area (Å²) < 4.78 is 5.37. The number of hydrogen-bond acceptors (Lipinski definition) is 4. The van der Waals surface area contributed by atoms with Gasteiger partial charge in [-0.25, -0.2) is 0 Å². The molecule has 0 aromatic carbocycles. The maximum atomic E-state index is 8.36. The quantitative estimate of drug-likeness (QED) is 0.574. The van der Waals surface area contributed by atoms with Crippen LogP contribution in [0.25, 0.3) is 0 Å². The molecule has 0 amide bonds. The van der Waals surface area contributed by atoms with Gasteiger partial charge in [-0.05, 0) is 0 Å². The van der Waals surface area contributed by atoms with Crippen LogP contribution in [0.15, 0.2) is 4.42 Å². The van der Waals surface area contributed by atoms with E-state index in [0.717, 1.165) is 22.5 Å². The van der Waals surface area contributed by atoms with Gasteiger partial charge in [0, 0.05) is 0 Å². The summed E-state index contributed by atoms with van der Waals surface area (Å²) in [6, 6.07) is 0. The molecule has 0 aliphatic carbocycles. The Hall–Kier alpha value is -0.101. The maximum absolute atomic E-state index is 8.36. The first kappa shape index (κ1) is 6.03. The van der Waals surface area contributed by atoms with Crippen molar-refractivity contribution in [2.24, 2.45) is 0 Å². The van der Waals surface area contributed by atoms with Crippen molar-refractivity contribution >= 4 is 26.4 Å². The first-order valence-electron chi connectivity index (χ1n) is 1.98. The van der Waals surface area contributed by atoms with Crippen molar-refractivity contribution in [1.29, 1.82) is 0 Å². The molecule has 0 atom stereocenters. The van der Waals surface area contributed by atoms with Gasteiger partial charge < -0.3 is 0 Å². The number of aliphatic hydroxyl groups is 1. The third-order valence-electron chi connectivity index (χ3n) is 0.602. The second-order valence-electron chi connectivity index (χ2n) is 1.16. The molecule has 0 aliphatic rings. The molecule has 0 saturated carbocycles. The van der Waals surface area contributed by atoms with Crippen LogP contribution < -0.4 is 3.91 Å². The number of hydrogen-bond donors (Lipinski definition) is 1. The Kier molecular flexibility index (Phi) is 1.85. The van der Waals surface area contributed by atoms with E-state index in [4.69, 9.17) is 9.52 Å². The van der Waals surface area contributed by atoms with E-state index in [1.54, 1.807) is 0 Å². The van der Waals surface area contributed by atoms with E-state index in [1.165, 1.54) is 0 Å². The predicted octanol–water partition coefficient (Wildman–Crippen LogP) is -1.64. The average molecular weight is 218 g/mol. The van der Waals surface area contributed by atoms with E-state index in [1.807, 2.05) is 0 Å². The van der Waals surface area contributed by atoms with Crippen LogP contribution in [-0.2, 0) is 6.61 Å². The van der Waals surface area contributed by atoms with E-state index >= 15 is 0 Å². The Bertz CT molecular complexity index is 176. The number of aromatic nitrogens is 2. The molecule has 0 aliphatic heterocycles. The summed E-state index contributed by atoms with van der Waals surface area (Å²) in [5.74, 6) is 0.289. The van der Waals surface area contributed by atoms with Gasteiger partial charge in [-0.15, -0.1) is 0 Å². The monoisotopic (exact) mass is 219 g/mol. The molecule has 1 N–H and O–H groups in total. The average Bonchev–Trinajstić information content (AvgIpc) is 2.14. The van der Waals surface area contributed by atoms with Gasteiger partial charge in [-0.1, -0.05) is 0 Å². The van der Waals surface area contributed by atoms with Crippen LogP contribution in [0.1, 0.15) is 5.89 Å². The number of rotatable bonds is 1. The Morgan fingerprint density at radius 2 is 2.38 bits per heavy atom. The van der Waals surface area contributed by atoms with E-state index in [-0.39, 0.29) is 12.5 Å². The predicted molar refractivity (Wildman–Crippen MR) is 25.6 cm³/mol. The van der Waals surface area contributed by atoms with Gasteiger partial charge in [0.15, 0.2) is 0 Å². The van der Waals surface area contributed by atoms with Gasteiger partial charge in [0.1, 0.15) is 0 Å². The molecular weight excluding hydrogens is 215 g/mol. The van der Waals surface area contributed by atoms with Gasteiger partial charge in [-0.2, -0.15) is 0 Å². The van der Waals surface area contributed by atoms with E-state index in [0.29, 0.717) is 3.91 Å². The van der Waals surface area contributed by atoms with E-state index < -0.39 is 0 Å². The molecule has 4 nitrogen and oxygen atoms in total. The minimum absolute atomic E-state index is 0.165. The molecule has 5 heteroatoms. The number of nitrogens with zero attached hydrogens (tertiary/aromatic N) is 2. The van der Waals surface area contributed by atoms with Crippen molar-refractivity contribution in [2.75, 3.05) is 0 Å². The van der Waals surface area contributed by atoms with Crippen LogP contribution >= 0.6 is 0 Å². The molecule has 3 radical (unpaired) electrons. The summed E-state index contributed by atoms with van der Waals surface area (Å²) in [4.78, 5) is 0. The normalized spacial score (nSPS) is 9.75. The summed E-state index contributed by atoms with van der Waals surface area (Å²) in [7, 11) is 0. The van der Waals surface area contributed by atoms with Crippen LogP contribution in [0.3, 0.4) is 0 Å². The van der Waals surface area contributed by atoms with Crippen molar-refractivity contribution in [3.8, 4) is 0 Å². The molecule has 1 aromatic heterocycles. The standard InChI is InChI=1S/C3H3N2O2.Sn/c6-1-3-5-4-2-7-3;/h6H,1H2;. The summed E-state index contributed by atoms with van der Waals surface area (Å²) >= 11 is 1.07. The first-order chi connectivity index (χ1) is 3.83. The SMILES string of the molecule is OCc1nn[c]([Sn])o1. The zero-order chi connectivity index (χ0) is 5.98. The summed E-state index contributed by atoms with van der Waals surface area (Å²) in [6.07, 6.45) is 0. The van der Waals surface area contributed by atoms with Gasteiger partial charge in [0.2, 0.25) is 0 Å². The first-order valence-corrected chi connectivity index (χ1v) is 3.40. The summed E-state index contributed by atoms with van der Waals surface area (Å²) in [5.41, 5.74) is 0. The van der Waals surface area contributed by atoms with Crippen molar-refractivity contribution in [2.45, 2.75) is 6.61 Å². The van der Waals surface area contributed by atoms with Crippen LogP contribution in [0, 0.1) is 0 Å². The van der Waals surface area contributed by atoms with E-state index in [9.17, 15) is 0 Å². The fraction of sp³-hybridized carbons (Fsp3) is 0.333. The molecule has 0 spiro atoms. The molecule has 41 valence electrons. The van der Waals surface area contributed by atoms with Crippen molar-refractivity contribution < 1.29 is 9.52 Å². The Labute approximate surface area is 59.0 Å². The number of aliphatic hydroxyl groups excluding tert-OH is 1. The van der Waals surface area contributed by atoms with Crippen LogP contribution in [0.5, 0.6) is 0 Å². The molecule has 1 heterocycles. The van der Waals surface area contributed by atoms with Crippen molar-refractivity contribution in [3.63, 3.8) is 0 Å². The molecule has 8 heavy (non-hydrogen) atoms. The van der Waals surface area contributed by atoms with Gasteiger partial charge >= 0.3 is 58.7 Å². The van der Waals surface area contributed by atoms with Gasteiger partial charge in [0.05, 0.1) is 0 Å². The van der Waals surface area contributed by atoms with E-state index in [2.05, 4.69) is 10.2 Å². The topological polar surface area (TPSA) is 59.2 Å². The van der Waals surface area contributed by atoms with Crippen LogP contribution in [-0.4, -0.2) is 37.8 Å². The Morgan fingerprint density at radius 3 is 2.62 bits per heavy atom. The van der Waals surface area contributed by atoms with Gasteiger partial charge in [-0.3, -0.25) is 0 Å². The molecular formula is C3H3N2O2Sn. The zero-order valence-electron chi connectivity index (χ0n) is 3.96. The van der Waals surface area contributed by atoms with Crippen LogP contribution in [0.4, 0.5) is 0 Å². The molecule has 1 aromatic rings. The third kappa shape index (κ3) is 1.19. The molecule has 0 unspecified atom stereocenters. The molecule has 0 fully saturated rings. The summed E-state index contributed by atoms with van der Waals surface area (Å²) in [5, 5.41) is 15.4. The van der Waals surface area contributed by atoms with Crippen molar-refractivity contribution in [3.05, 3.63) is 5.89 Å². The fourth-order valence-electron chi connectivity index (χ4n) is 0.317. The second kappa shape index (κ2) is 2.45. The fourth-order valence-corrected chi connectivity index (χ4v) is 0.796. The molecule has 0 saturated heterocycles. The van der Waals surface area contributed by atoms with Gasteiger partial charge in [0.25, 0.3) is 0 Å². The zero-order valence-corrected chi connectivity index (χ0v) is 6.81. The molecule has 1 rings (SSSR count). The minimum atomic E-state index is -0.165. The Balaban J connectivity index is 2.84. The third-order valence-corrected chi connectivity index (χ3v) is 1.18. The Morgan fingerprint density at radius 1 is 1.62 bits per heavy atom. The second-order valence-corrected chi connectivity index (χ2v) is 2.38. The van der Waals surface area contributed by atoms with Crippen molar-refractivity contribution in [1.82, 2.24) is 10.2 Å².